The molecule has 9 heteroatoms. The first-order valence-electron chi connectivity index (χ1n) is 12.4. The van der Waals surface area contributed by atoms with Crippen LogP contribution in [0.3, 0.4) is 0 Å². The molecule has 3 amide bonds. The van der Waals surface area contributed by atoms with Gasteiger partial charge in [-0.2, -0.15) is 0 Å². The summed E-state index contributed by atoms with van der Waals surface area (Å²) < 4.78 is 4.96. The average Bonchev–Trinajstić information content (AvgIpc) is 2.87. The Balaban J connectivity index is 1.73. The number of carbonyl (C=O) groups excluding carboxylic acids is 4. The number of esters is 1. The highest BCUT2D eigenvalue weighted by Crippen LogP contribution is 2.28. The van der Waals surface area contributed by atoms with Gasteiger partial charge in [0.05, 0.1) is 13.7 Å². The third-order valence-electron chi connectivity index (χ3n) is 7.10. The molecule has 0 aromatic heterocycles. The zero-order valence-electron chi connectivity index (χ0n) is 21.3. The number of amides is 3. The van der Waals surface area contributed by atoms with E-state index < -0.39 is 24.0 Å². The molecule has 0 unspecified atom stereocenters. The molecule has 1 heterocycles. The Morgan fingerprint density at radius 2 is 1.71 bits per heavy atom. The Kier molecular flexibility index (Phi) is 9.12. The molecule has 0 bridgehead atoms. The molecule has 2 fully saturated rings. The molecule has 0 spiro atoms. The number of nitrogens with zero attached hydrogens (tertiary/aromatic N) is 3. The Hall–Kier alpha value is -3.10. The number of nitrogens with one attached hydrogen (secondary N) is 1. The highest BCUT2D eigenvalue weighted by atomic mass is 16.5. The van der Waals surface area contributed by atoms with Crippen LogP contribution in [0.1, 0.15) is 55.8 Å². The molecular weight excluding hydrogens is 448 g/mol. The van der Waals surface area contributed by atoms with Crippen molar-refractivity contribution in [3.05, 3.63) is 29.8 Å². The normalized spacial score (nSPS) is 19.6. The van der Waals surface area contributed by atoms with Crippen molar-refractivity contribution in [2.45, 2.75) is 57.5 Å². The maximum absolute atomic E-state index is 13.4. The predicted molar refractivity (Wildman–Crippen MR) is 133 cm³/mol. The van der Waals surface area contributed by atoms with Gasteiger partial charge in [0.1, 0.15) is 12.1 Å². The Morgan fingerprint density at radius 1 is 1.06 bits per heavy atom. The summed E-state index contributed by atoms with van der Waals surface area (Å²) in [5, 5.41) is 2.84. The molecular formula is C26H38N4O5. The van der Waals surface area contributed by atoms with Gasteiger partial charge < -0.3 is 24.8 Å². The van der Waals surface area contributed by atoms with Crippen LogP contribution in [0.5, 0.6) is 0 Å². The van der Waals surface area contributed by atoms with Crippen LogP contribution in [0.4, 0.5) is 5.69 Å². The molecule has 0 radical (unpaired) electrons. The van der Waals surface area contributed by atoms with E-state index in [0.717, 1.165) is 31.4 Å². The van der Waals surface area contributed by atoms with Crippen LogP contribution in [0, 0.1) is 5.92 Å². The van der Waals surface area contributed by atoms with Crippen molar-refractivity contribution in [2.75, 3.05) is 45.7 Å². The molecule has 9 nitrogen and oxygen atoms in total. The first-order valence-corrected chi connectivity index (χ1v) is 12.4. The Morgan fingerprint density at radius 3 is 2.29 bits per heavy atom. The highest BCUT2D eigenvalue weighted by Gasteiger charge is 2.38. The largest absolute Gasteiger partial charge is 0.467 e. The monoisotopic (exact) mass is 486 g/mol. The lowest BCUT2D eigenvalue weighted by atomic mass is 9.84. The lowest BCUT2D eigenvalue weighted by molar-refractivity contribution is -0.148. The summed E-state index contributed by atoms with van der Waals surface area (Å²) in [6, 6.07) is 5.63. The first-order chi connectivity index (χ1) is 16.7. The fourth-order valence-electron chi connectivity index (χ4n) is 5.03. The van der Waals surface area contributed by atoms with E-state index in [1.807, 2.05) is 31.1 Å². The van der Waals surface area contributed by atoms with Crippen molar-refractivity contribution in [3.8, 4) is 0 Å². The smallest absolute Gasteiger partial charge is 0.328 e. The molecule has 35 heavy (non-hydrogen) atoms. The fraction of sp³-hybridized carbons (Fsp3) is 0.615. The van der Waals surface area contributed by atoms with Gasteiger partial charge in [0, 0.05) is 45.4 Å². The number of methoxy groups -OCH3 is 1. The van der Waals surface area contributed by atoms with Crippen molar-refractivity contribution in [3.63, 3.8) is 0 Å². The summed E-state index contributed by atoms with van der Waals surface area (Å²) in [4.78, 5) is 56.3. The Bertz CT molecular complexity index is 911. The van der Waals surface area contributed by atoms with Gasteiger partial charge in [-0.15, -0.1) is 0 Å². The van der Waals surface area contributed by atoms with Gasteiger partial charge in [-0.3, -0.25) is 14.4 Å². The summed E-state index contributed by atoms with van der Waals surface area (Å²) in [6.45, 7) is 2.06. The minimum atomic E-state index is -0.871. The summed E-state index contributed by atoms with van der Waals surface area (Å²) in [7, 11) is 5.17. The number of ether oxygens (including phenoxy) is 1. The highest BCUT2D eigenvalue weighted by molar-refractivity contribution is 5.96. The zero-order valence-corrected chi connectivity index (χ0v) is 21.3. The van der Waals surface area contributed by atoms with Gasteiger partial charge in [-0.1, -0.05) is 32.1 Å². The predicted octanol–water partition coefficient (Wildman–Crippen LogP) is 2.05. The molecule has 1 saturated carbocycles. The van der Waals surface area contributed by atoms with Gasteiger partial charge in [-0.25, -0.2) is 4.79 Å². The van der Waals surface area contributed by atoms with E-state index in [9.17, 15) is 19.2 Å². The second kappa shape index (κ2) is 12.0. The SMILES string of the molecule is COC(=O)[C@H](CC1CCCCC1)NC(=O)[C@@H]1CN(C(=O)c2ccc(N(C)C)cc2)CCN1C(C)=O. The lowest BCUT2D eigenvalue weighted by Gasteiger charge is -2.40. The maximum Gasteiger partial charge on any atom is 0.328 e. The summed E-state index contributed by atoms with van der Waals surface area (Å²) >= 11 is 0. The van der Waals surface area contributed by atoms with E-state index >= 15 is 0 Å². The average molecular weight is 487 g/mol. The second-order valence-electron chi connectivity index (χ2n) is 9.74. The van der Waals surface area contributed by atoms with E-state index in [0.29, 0.717) is 24.4 Å². The van der Waals surface area contributed by atoms with Crippen LogP contribution in [-0.4, -0.2) is 86.4 Å². The molecule has 1 N–H and O–H groups in total. The van der Waals surface area contributed by atoms with E-state index in [2.05, 4.69) is 5.32 Å². The van der Waals surface area contributed by atoms with Crippen LogP contribution in [-0.2, 0) is 19.1 Å². The maximum atomic E-state index is 13.4. The quantitative estimate of drug-likeness (QED) is 0.593. The molecule has 192 valence electrons. The molecule has 3 rings (SSSR count). The second-order valence-corrected chi connectivity index (χ2v) is 9.74. The molecule has 1 aromatic rings. The van der Waals surface area contributed by atoms with Crippen LogP contribution in [0.15, 0.2) is 24.3 Å². The van der Waals surface area contributed by atoms with Crippen LogP contribution in [0.25, 0.3) is 0 Å². The van der Waals surface area contributed by atoms with Crippen LogP contribution < -0.4 is 10.2 Å². The number of anilines is 1. The van der Waals surface area contributed by atoms with Crippen LogP contribution in [0.2, 0.25) is 0 Å². The Labute approximate surface area is 207 Å². The van der Waals surface area contributed by atoms with Crippen molar-refractivity contribution in [1.29, 1.82) is 0 Å². The summed E-state index contributed by atoms with van der Waals surface area (Å²) in [5.41, 5.74) is 1.50. The molecule has 1 saturated heterocycles. The minimum Gasteiger partial charge on any atom is -0.467 e. The van der Waals surface area contributed by atoms with E-state index in [4.69, 9.17) is 4.74 Å². The molecule has 2 atom stereocenters. The van der Waals surface area contributed by atoms with Gasteiger partial charge in [0.2, 0.25) is 11.8 Å². The number of hydrogen-bond donors (Lipinski definition) is 1. The molecule has 2 aliphatic rings. The van der Waals surface area contributed by atoms with Crippen LogP contribution >= 0.6 is 0 Å². The van der Waals surface area contributed by atoms with E-state index in [1.54, 1.807) is 17.0 Å². The number of benzene rings is 1. The van der Waals surface area contributed by atoms with Gasteiger partial charge in [-0.05, 0) is 36.6 Å². The van der Waals surface area contributed by atoms with Gasteiger partial charge in [0.15, 0.2) is 0 Å². The number of rotatable bonds is 7. The summed E-state index contributed by atoms with van der Waals surface area (Å²) in [6.07, 6.45) is 6.03. The fourth-order valence-corrected chi connectivity index (χ4v) is 5.03. The standard InChI is InChI=1S/C26H38N4O5/c1-18(31)30-15-14-29(25(33)20-10-12-21(13-11-20)28(2)3)17-23(30)24(32)27-22(26(34)35-4)16-19-8-6-5-7-9-19/h10-13,19,22-23H,5-9,14-17H2,1-4H3,(H,27,32)/t22-,23-/m0/s1. The van der Waals surface area contributed by atoms with Crippen molar-refractivity contribution < 1.29 is 23.9 Å². The molecule has 1 aliphatic heterocycles. The van der Waals surface area contributed by atoms with Crippen molar-refractivity contribution in [2.24, 2.45) is 5.92 Å². The first kappa shape index (κ1) is 26.5. The number of hydrogen-bond acceptors (Lipinski definition) is 6. The molecule has 1 aromatic carbocycles. The third-order valence-corrected chi connectivity index (χ3v) is 7.10. The van der Waals surface area contributed by atoms with Crippen molar-refractivity contribution in [1.82, 2.24) is 15.1 Å². The minimum absolute atomic E-state index is 0.0665. The van der Waals surface area contributed by atoms with E-state index in [1.165, 1.54) is 25.4 Å². The third kappa shape index (κ3) is 6.74. The lowest BCUT2D eigenvalue weighted by Crippen LogP contribution is -2.62. The van der Waals surface area contributed by atoms with Crippen molar-refractivity contribution >= 4 is 29.4 Å². The number of piperazine rings is 1. The summed E-state index contributed by atoms with van der Waals surface area (Å²) in [5.74, 6) is -1.00. The zero-order chi connectivity index (χ0) is 25.5. The van der Waals surface area contributed by atoms with Gasteiger partial charge in [0.25, 0.3) is 5.91 Å². The molecule has 1 aliphatic carbocycles. The number of carbonyl (C=O) groups is 4. The van der Waals surface area contributed by atoms with Gasteiger partial charge >= 0.3 is 5.97 Å². The van der Waals surface area contributed by atoms with E-state index in [-0.39, 0.29) is 24.9 Å². The topological polar surface area (TPSA) is 99.3 Å².